The molecule has 1 heterocycles. The summed E-state index contributed by atoms with van der Waals surface area (Å²) in [5.74, 6) is 0.852. The Morgan fingerprint density at radius 1 is 1.79 bits per heavy atom. The molecule has 0 aliphatic rings. The lowest BCUT2D eigenvalue weighted by molar-refractivity contribution is -0.142. The standard InChI is InChI=1S/C10H13NO3/c1-3-9(11)10-5-4-8(14-10)6-13-7(2)12/h3-5,9H,1,6,11H2,2H3/t9-/m1/s1. The average Bonchev–Trinajstić information content (AvgIpc) is 2.62. The molecule has 0 radical (unpaired) electrons. The molecule has 2 N–H and O–H groups in total. The third kappa shape index (κ3) is 2.74. The van der Waals surface area contributed by atoms with Crippen LogP contribution in [0.4, 0.5) is 0 Å². The Balaban J connectivity index is 2.59. The quantitative estimate of drug-likeness (QED) is 0.584. The third-order valence-electron chi connectivity index (χ3n) is 1.68. The lowest BCUT2D eigenvalue weighted by Crippen LogP contribution is -2.04. The molecule has 1 aromatic heterocycles. The first kappa shape index (κ1) is 10.5. The molecule has 0 unspecified atom stereocenters. The fourth-order valence-electron chi connectivity index (χ4n) is 0.940. The van der Waals surface area contributed by atoms with E-state index in [4.69, 9.17) is 14.9 Å². The smallest absolute Gasteiger partial charge is 0.303 e. The molecular formula is C10H13NO3. The topological polar surface area (TPSA) is 65.5 Å². The third-order valence-corrected chi connectivity index (χ3v) is 1.68. The fraction of sp³-hybridized carbons (Fsp3) is 0.300. The van der Waals surface area contributed by atoms with Gasteiger partial charge < -0.3 is 14.9 Å². The van der Waals surface area contributed by atoms with E-state index in [1.807, 2.05) is 0 Å². The first-order chi connectivity index (χ1) is 6.63. The van der Waals surface area contributed by atoms with Crippen molar-refractivity contribution >= 4 is 5.97 Å². The van der Waals surface area contributed by atoms with Crippen molar-refractivity contribution < 1.29 is 13.9 Å². The second-order valence-electron chi connectivity index (χ2n) is 2.85. The molecule has 0 bridgehead atoms. The van der Waals surface area contributed by atoms with Crippen LogP contribution in [-0.4, -0.2) is 5.97 Å². The molecule has 1 atom stereocenters. The van der Waals surface area contributed by atoms with Crippen LogP contribution >= 0.6 is 0 Å². The van der Waals surface area contributed by atoms with E-state index in [9.17, 15) is 4.79 Å². The molecule has 4 heteroatoms. The van der Waals surface area contributed by atoms with Gasteiger partial charge in [-0.2, -0.15) is 0 Å². The zero-order valence-electron chi connectivity index (χ0n) is 8.03. The summed E-state index contributed by atoms with van der Waals surface area (Å²) in [5, 5.41) is 0. The van der Waals surface area contributed by atoms with Crippen molar-refractivity contribution in [3.63, 3.8) is 0 Å². The van der Waals surface area contributed by atoms with Gasteiger partial charge in [0, 0.05) is 6.92 Å². The number of carbonyl (C=O) groups is 1. The molecule has 0 aliphatic heterocycles. The number of carbonyl (C=O) groups excluding carboxylic acids is 1. The molecule has 0 amide bonds. The molecule has 0 saturated carbocycles. The Morgan fingerprint density at radius 2 is 2.50 bits per heavy atom. The molecule has 0 saturated heterocycles. The van der Waals surface area contributed by atoms with Gasteiger partial charge in [0.15, 0.2) is 0 Å². The average molecular weight is 195 g/mol. The summed E-state index contributed by atoms with van der Waals surface area (Å²) in [6.45, 7) is 5.03. The van der Waals surface area contributed by atoms with E-state index in [-0.39, 0.29) is 18.6 Å². The second-order valence-corrected chi connectivity index (χ2v) is 2.85. The Labute approximate surface area is 82.3 Å². The van der Waals surface area contributed by atoms with E-state index in [1.54, 1.807) is 18.2 Å². The summed E-state index contributed by atoms with van der Waals surface area (Å²) in [6, 6.07) is 3.15. The van der Waals surface area contributed by atoms with Crippen LogP contribution in [0.3, 0.4) is 0 Å². The summed E-state index contributed by atoms with van der Waals surface area (Å²) < 4.78 is 10.1. The Bertz CT molecular complexity index is 330. The molecule has 1 rings (SSSR count). The van der Waals surface area contributed by atoms with Gasteiger partial charge in [0.2, 0.25) is 0 Å². The van der Waals surface area contributed by atoms with E-state index < -0.39 is 0 Å². The SMILES string of the molecule is C=C[C@@H](N)c1ccc(COC(C)=O)o1. The van der Waals surface area contributed by atoms with Crippen molar-refractivity contribution in [1.29, 1.82) is 0 Å². The molecule has 76 valence electrons. The molecule has 0 spiro atoms. The number of ether oxygens (including phenoxy) is 1. The number of nitrogens with two attached hydrogens (primary N) is 1. The monoisotopic (exact) mass is 195 g/mol. The zero-order chi connectivity index (χ0) is 10.6. The molecule has 14 heavy (non-hydrogen) atoms. The van der Waals surface area contributed by atoms with Gasteiger partial charge in [0.1, 0.15) is 18.1 Å². The predicted molar refractivity (Wildman–Crippen MR) is 51.3 cm³/mol. The van der Waals surface area contributed by atoms with E-state index in [0.29, 0.717) is 11.5 Å². The van der Waals surface area contributed by atoms with Crippen LogP contribution < -0.4 is 5.73 Å². The predicted octanol–water partition coefficient (Wildman–Crippen LogP) is 1.53. The van der Waals surface area contributed by atoms with E-state index in [0.717, 1.165) is 0 Å². The first-order valence-corrected chi connectivity index (χ1v) is 4.23. The second kappa shape index (κ2) is 4.62. The summed E-state index contributed by atoms with van der Waals surface area (Å²) in [6.07, 6.45) is 1.58. The highest BCUT2D eigenvalue weighted by Crippen LogP contribution is 2.15. The Hall–Kier alpha value is -1.55. The van der Waals surface area contributed by atoms with Gasteiger partial charge in [0.05, 0.1) is 6.04 Å². The minimum absolute atomic E-state index is 0.138. The lowest BCUT2D eigenvalue weighted by Gasteiger charge is -2.01. The number of hydrogen-bond donors (Lipinski definition) is 1. The molecular weight excluding hydrogens is 182 g/mol. The normalized spacial score (nSPS) is 12.1. The molecule has 0 aromatic carbocycles. The minimum Gasteiger partial charge on any atom is -0.460 e. The summed E-state index contributed by atoms with van der Waals surface area (Å²) in [4.78, 5) is 10.5. The van der Waals surface area contributed by atoms with Crippen LogP contribution in [0, 0.1) is 0 Å². The van der Waals surface area contributed by atoms with Gasteiger partial charge in [-0.25, -0.2) is 0 Å². The number of hydrogen-bond acceptors (Lipinski definition) is 4. The fourth-order valence-corrected chi connectivity index (χ4v) is 0.940. The van der Waals surface area contributed by atoms with Gasteiger partial charge in [-0.1, -0.05) is 6.08 Å². The van der Waals surface area contributed by atoms with Crippen molar-refractivity contribution in [3.8, 4) is 0 Å². The molecule has 0 aliphatic carbocycles. The van der Waals surface area contributed by atoms with Gasteiger partial charge in [-0.15, -0.1) is 6.58 Å². The summed E-state index contributed by atoms with van der Waals surface area (Å²) in [7, 11) is 0. The van der Waals surface area contributed by atoms with Crippen LogP contribution in [0.5, 0.6) is 0 Å². The molecule has 4 nitrogen and oxygen atoms in total. The number of furan rings is 1. The lowest BCUT2D eigenvalue weighted by atomic mass is 10.2. The van der Waals surface area contributed by atoms with Crippen LogP contribution in [-0.2, 0) is 16.1 Å². The van der Waals surface area contributed by atoms with E-state index in [1.165, 1.54) is 6.92 Å². The van der Waals surface area contributed by atoms with Crippen molar-refractivity contribution in [2.75, 3.05) is 0 Å². The zero-order valence-corrected chi connectivity index (χ0v) is 8.03. The van der Waals surface area contributed by atoms with E-state index >= 15 is 0 Å². The van der Waals surface area contributed by atoms with Gasteiger partial charge in [-0.3, -0.25) is 4.79 Å². The maximum atomic E-state index is 10.5. The van der Waals surface area contributed by atoms with E-state index in [2.05, 4.69) is 6.58 Å². The van der Waals surface area contributed by atoms with Crippen molar-refractivity contribution in [3.05, 3.63) is 36.3 Å². The van der Waals surface area contributed by atoms with Crippen LogP contribution in [0.25, 0.3) is 0 Å². The van der Waals surface area contributed by atoms with Crippen LogP contribution in [0.2, 0.25) is 0 Å². The Kier molecular flexibility index (Phi) is 3.48. The maximum absolute atomic E-state index is 10.5. The molecule has 0 fully saturated rings. The Morgan fingerprint density at radius 3 is 3.07 bits per heavy atom. The van der Waals surface area contributed by atoms with Crippen molar-refractivity contribution in [1.82, 2.24) is 0 Å². The minimum atomic E-state index is -0.337. The summed E-state index contributed by atoms with van der Waals surface area (Å²) >= 11 is 0. The van der Waals surface area contributed by atoms with Crippen molar-refractivity contribution in [2.24, 2.45) is 5.73 Å². The van der Waals surface area contributed by atoms with Gasteiger partial charge in [-0.05, 0) is 12.1 Å². The summed E-state index contributed by atoms with van der Waals surface area (Å²) in [5.41, 5.74) is 5.64. The number of rotatable bonds is 4. The van der Waals surface area contributed by atoms with Crippen LogP contribution in [0.15, 0.2) is 29.2 Å². The largest absolute Gasteiger partial charge is 0.460 e. The highest BCUT2D eigenvalue weighted by molar-refractivity contribution is 5.65. The highest BCUT2D eigenvalue weighted by atomic mass is 16.5. The van der Waals surface area contributed by atoms with Gasteiger partial charge >= 0.3 is 5.97 Å². The first-order valence-electron chi connectivity index (χ1n) is 4.23. The highest BCUT2D eigenvalue weighted by Gasteiger charge is 2.07. The molecule has 1 aromatic rings. The number of esters is 1. The van der Waals surface area contributed by atoms with Gasteiger partial charge in [0.25, 0.3) is 0 Å². The maximum Gasteiger partial charge on any atom is 0.303 e. The van der Waals surface area contributed by atoms with Crippen LogP contribution in [0.1, 0.15) is 24.5 Å². The van der Waals surface area contributed by atoms with Crippen molar-refractivity contribution in [2.45, 2.75) is 19.6 Å².